The number of benzene rings is 1. The molecule has 6 nitrogen and oxygen atoms in total. The van der Waals surface area contributed by atoms with Crippen molar-refractivity contribution in [2.24, 2.45) is 11.7 Å². The SMILES string of the molecule is CC(C)C[C@](C)(N)COc1ccc(-c2ccnc(N(C)C(=O)O)c2)cc1F. The van der Waals surface area contributed by atoms with E-state index in [4.69, 9.17) is 15.6 Å². The Hall–Kier alpha value is -2.67. The summed E-state index contributed by atoms with van der Waals surface area (Å²) < 4.78 is 20.1. The maximum Gasteiger partial charge on any atom is 0.412 e. The molecule has 0 aliphatic carbocycles. The molecule has 0 bridgehead atoms. The molecule has 0 saturated heterocycles. The Morgan fingerprint density at radius 2 is 2.00 bits per heavy atom. The van der Waals surface area contributed by atoms with Crippen molar-refractivity contribution >= 4 is 11.9 Å². The third kappa shape index (κ3) is 5.65. The number of pyridine rings is 1. The van der Waals surface area contributed by atoms with Crippen molar-refractivity contribution in [2.45, 2.75) is 32.7 Å². The van der Waals surface area contributed by atoms with Gasteiger partial charge in [0.25, 0.3) is 0 Å². The molecule has 27 heavy (non-hydrogen) atoms. The highest BCUT2D eigenvalue weighted by Gasteiger charge is 2.22. The molecule has 1 aromatic carbocycles. The van der Waals surface area contributed by atoms with Crippen LogP contribution in [-0.4, -0.2) is 35.4 Å². The summed E-state index contributed by atoms with van der Waals surface area (Å²) >= 11 is 0. The lowest BCUT2D eigenvalue weighted by Gasteiger charge is -2.26. The molecular formula is C20H26FN3O3. The standard InChI is InChI=1S/C20H26FN3O3/c1-13(2)11-20(3,22)12-27-17-6-5-14(9-16(17)21)15-7-8-23-18(10-15)24(4)19(25)26/h5-10,13H,11-12,22H2,1-4H3,(H,25,26)/t20-/m0/s1. The average Bonchev–Trinajstić information content (AvgIpc) is 2.59. The van der Waals surface area contributed by atoms with Crippen LogP contribution in [0.15, 0.2) is 36.5 Å². The molecule has 3 N–H and O–H groups in total. The van der Waals surface area contributed by atoms with E-state index < -0.39 is 17.4 Å². The smallest absolute Gasteiger partial charge is 0.412 e. The van der Waals surface area contributed by atoms with E-state index in [-0.39, 0.29) is 18.2 Å². The summed E-state index contributed by atoms with van der Waals surface area (Å²) in [6, 6.07) is 7.90. The number of anilines is 1. The summed E-state index contributed by atoms with van der Waals surface area (Å²) in [5, 5.41) is 9.06. The van der Waals surface area contributed by atoms with Gasteiger partial charge < -0.3 is 15.6 Å². The van der Waals surface area contributed by atoms with Gasteiger partial charge in [0, 0.05) is 18.8 Å². The second-order valence-corrected chi connectivity index (χ2v) is 7.43. The second-order valence-electron chi connectivity index (χ2n) is 7.43. The normalized spacial score (nSPS) is 13.3. The Bertz CT molecular complexity index is 809. The first-order valence-corrected chi connectivity index (χ1v) is 8.73. The minimum Gasteiger partial charge on any atom is -0.489 e. The Balaban J connectivity index is 2.17. The van der Waals surface area contributed by atoms with Crippen LogP contribution >= 0.6 is 0 Å². The van der Waals surface area contributed by atoms with Gasteiger partial charge in [0.05, 0.1) is 0 Å². The molecule has 0 unspecified atom stereocenters. The van der Waals surface area contributed by atoms with Crippen LogP contribution in [-0.2, 0) is 0 Å². The highest BCUT2D eigenvalue weighted by molar-refractivity contribution is 5.85. The average molecular weight is 375 g/mol. The van der Waals surface area contributed by atoms with Gasteiger partial charge in [0.15, 0.2) is 11.6 Å². The van der Waals surface area contributed by atoms with Crippen LogP contribution in [0.1, 0.15) is 27.2 Å². The first kappa shape index (κ1) is 20.6. The van der Waals surface area contributed by atoms with Gasteiger partial charge >= 0.3 is 6.09 Å². The highest BCUT2D eigenvalue weighted by Crippen LogP contribution is 2.28. The number of halogens is 1. The van der Waals surface area contributed by atoms with Crippen molar-refractivity contribution in [3.8, 4) is 16.9 Å². The van der Waals surface area contributed by atoms with E-state index in [0.29, 0.717) is 17.0 Å². The molecule has 0 saturated carbocycles. The van der Waals surface area contributed by atoms with Gasteiger partial charge in [-0.1, -0.05) is 19.9 Å². The van der Waals surface area contributed by atoms with Gasteiger partial charge in [-0.15, -0.1) is 0 Å². The summed E-state index contributed by atoms with van der Waals surface area (Å²) in [7, 11) is 1.40. The molecule has 0 aliphatic rings. The van der Waals surface area contributed by atoms with Gasteiger partial charge in [-0.3, -0.25) is 4.90 Å². The van der Waals surface area contributed by atoms with Crippen molar-refractivity contribution < 1.29 is 19.0 Å². The molecule has 1 atom stereocenters. The monoisotopic (exact) mass is 375 g/mol. The fraction of sp³-hybridized carbons (Fsp3) is 0.400. The number of carboxylic acid groups (broad SMARTS) is 1. The summed E-state index contributed by atoms with van der Waals surface area (Å²) in [5.41, 5.74) is 6.91. The number of aromatic nitrogens is 1. The number of amides is 1. The highest BCUT2D eigenvalue weighted by atomic mass is 19.1. The lowest BCUT2D eigenvalue weighted by atomic mass is 9.93. The second kappa shape index (κ2) is 8.35. The van der Waals surface area contributed by atoms with Crippen molar-refractivity contribution in [1.82, 2.24) is 4.98 Å². The van der Waals surface area contributed by atoms with E-state index in [1.165, 1.54) is 19.3 Å². The predicted octanol–water partition coefficient (Wildman–Crippen LogP) is 4.14. The number of rotatable bonds is 7. The number of hydrogen-bond donors (Lipinski definition) is 2. The van der Waals surface area contributed by atoms with E-state index in [9.17, 15) is 9.18 Å². The van der Waals surface area contributed by atoms with Gasteiger partial charge in [-0.25, -0.2) is 14.2 Å². The lowest BCUT2D eigenvalue weighted by Crippen LogP contribution is -2.43. The zero-order chi connectivity index (χ0) is 20.2. The van der Waals surface area contributed by atoms with E-state index in [0.717, 1.165) is 11.3 Å². The van der Waals surface area contributed by atoms with Gasteiger partial charge in [-0.05, 0) is 54.7 Å². The Morgan fingerprint density at radius 1 is 1.33 bits per heavy atom. The molecule has 0 fully saturated rings. The molecule has 0 spiro atoms. The van der Waals surface area contributed by atoms with Crippen molar-refractivity contribution in [3.05, 3.63) is 42.3 Å². The molecule has 146 valence electrons. The molecule has 7 heteroatoms. The number of ether oxygens (including phenoxy) is 1. The minimum absolute atomic E-state index is 0.135. The number of carbonyl (C=O) groups is 1. The summed E-state index contributed by atoms with van der Waals surface area (Å²) in [5.74, 6) is 0.308. The van der Waals surface area contributed by atoms with Crippen molar-refractivity contribution in [2.75, 3.05) is 18.6 Å². The number of nitrogens with two attached hydrogens (primary N) is 1. The Kier molecular flexibility index (Phi) is 6.38. The number of hydrogen-bond acceptors (Lipinski definition) is 4. The fourth-order valence-corrected chi connectivity index (χ4v) is 2.91. The predicted molar refractivity (Wildman–Crippen MR) is 104 cm³/mol. The minimum atomic E-state index is -1.12. The molecule has 0 radical (unpaired) electrons. The molecule has 0 aliphatic heterocycles. The van der Waals surface area contributed by atoms with Crippen molar-refractivity contribution in [1.29, 1.82) is 0 Å². The van der Waals surface area contributed by atoms with Crippen LogP contribution < -0.4 is 15.4 Å². The topological polar surface area (TPSA) is 88.7 Å². The number of nitrogens with zero attached hydrogens (tertiary/aromatic N) is 2. The van der Waals surface area contributed by atoms with Crippen molar-refractivity contribution in [3.63, 3.8) is 0 Å². The first-order chi connectivity index (χ1) is 12.6. The molecular weight excluding hydrogens is 349 g/mol. The van der Waals surface area contributed by atoms with Gasteiger partial charge in [-0.2, -0.15) is 0 Å². The van der Waals surface area contributed by atoms with Gasteiger partial charge in [0.1, 0.15) is 12.4 Å². The van der Waals surface area contributed by atoms with E-state index in [1.54, 1.807) is 24.3 Å². The summed E-state index contributed by atoms with van der Waals surface area (Å²) in [4.78, 5) is 16.1. The Labute approximate surface area is 158 Å². The largest absolute Gasteiger partial charge is 0.489 e. The molecule has 2 aromatic rings. The maximum absolute atomic E-state index is 14.5. The van der Waals surface area contributed by atoms with E-state index >= 15 is 0 Å². The molecule has 1 amide bonds. The molecule has 1 aromatic heterocycles. The van der Waals surface area contributed by atoms with Crippen LogP contribution in [0.25, 0.3) is 11.1 Å². The zero-order valence-electron chi connectivity index (χ0n) is 16.1. The third-order valence-electron chi connectivity index (χ3n) is 4.07. The summed E-state index contributed by atoms with van der Waals surface area (Å²) in [6.07, 6.45) is 1.13. The fourth-order valence-electron chi connectivity index (χ4n) is 2.91. The van der Waals surface area contributed by atoms with E-state index in [1.807, 2.05) is 6.92 Å². The van der Waals surface area contributed by atoms with Crippen LogP contribution in [0.4, 0.5) is 15.0 Å². The molecule has 2 rings (SSSR count). The maximum atomic E-state index is 14.5. The van der Waals surface area contributed by atoms with Crippen LogP contribution in [0, 0.1) is 11.7 Å². The van der Waals surface area contributed by atoms with Crippen LogP contribution in [0.5, 0.6) is 5.75 Å². The lowest BCUT2D eigenvalue weighted by molar-refractivity contribution is 0.200. The summed E-state index contributed by atoms with van der Waals surface area (Å²) in [6.45, 7) is 6.25. The quantitative estimate of drug-likeness (QED) is 0.759. The molecule has 1 heterocycles. The third-order valence-corrected chi connectivity index (χ3v) is 4.07. The van der Waals surface area contributed by atoms with Crippen LogP contribution in [0.2, 0.25) is 0 Å². The van der Waals surface area contributed by atoms with Crippen LogP contribution in [0.3, 0.4) is 0 Å². The van der Waals surface area contributed by atoms with Gasteiger partial charge in [0.2, 0.25) is 0 Å². The Morgan fingerprint density at radius 3 is 2.59 bits per heavy atom. The first-order valence-electron chi connectivity index (χ1n) is 8.73. The van der Waals surface area contributed by atoms with E-state index in [2.05, 4.69) is 18.8 Å². The zero-order valence-corrected chi connectivity index (χ0v) is 16.1.